The van der Waals surface area contributed by atoms with Gasteiger partial charge in [-0.1, -0.05) is 44.0 Å². The monoisotopic (exact) mass is 305 g/mol. The molecular weight excluding hydrogens is 285 g/mol. The number of rotatable bonds is 7. The lowest BCUT2D eigenvalue weighted by atomic mass is 10.1. The Morgan fingerprint density at radius 3 is 2.56 bits per heavy atom. The molecule has 18 heavy (non-hydrogen) atoms. The fourth-order valence-corrected chi connectivity index (χ4v) is 3.28. The van der Waals surface area contributed by atoms with Crippen molar-refractivity contribution in [3.63, 3.8) is 0 Å². The van der Waals surface area contributed by atoms with E-state index >= 15 is 0 Å². The first-order valence-electron chi connectivity index (χ1n) is 6.30. The van der Waals surface area contributed by atoms with E-state index in [4.69, 9.17) is 23.2 Å². The van der Waals surface area contributed by atoms with Crippen molar-refractivity contribution in [3.05, 3.63) is 33.8 Å². The van der Waals surface area contributed by atoms with Gasteiger partial charge in [0.2, 0.25) is 0 Å². The Morgan fingerprint density at radius 1 is 1.22 bits per heavy atom. The van der Waals surface area contributed by atoms with E-state index in [2.05, 4.69) is 26.1 Å². The second-order valence-corrected chi connectivity index (χ2v) is 6.63. The number of hydrogen-bond donors (Lipinski definition) is 1. The van der Waals surface area contributed by atoms with Crippen LogP contribution in [-0.2, 0) is 0 Å². The highest BCUT2D eigenvalue weighted by molar-refractivity contribution is 7.99. The summed E-state index contributed by atoms with van der Waals surface area (Å²) in [6.07, 6.45) is 0. The van der Waals surface area contributed by atoms with E-state index in [1.54, 1.807) is 0 Å². The molecule has 1 nitrogen and oxygen atoms in total. The minimum Gasteiger partial charge on any atom is -0.309 e. The molecule has 0 heterocycles. The van der Waals surface area contributed by atoms with E-state index < -0.39 is 0 Å². The van der Waals surface area contributed by atoms with Crippen LogP contribution in [0.3, 0.4) is 0 Å². The second-order valence-electron chi connectivity index (χ2n) is 4.71. The first-order valence-corrected chi connectivity index (χ1v) is 8.21. The fraction of sp³-hybridized carbons (Fsp3) is 0.571. The molecular formula is C14H21Cl2NS. The maximum Gasteiger partial charge on any atom is 0.0455 e. The van der Waals surface area contributed by atoms with E-state index in [1.807, 2.05) is 30.0 Å². The number of nitrogens with one attached hydrogen (secondary N) is 1. The molecule has 0 aromatic heterocycles. The van der Waals surface area contributed by atoms with Gasteiger partial charge in [0.25, 0.3) is 0 Å². The zero-order valence-corrected chi connectivity index (χ0v) is 13.5. The van der Waals surface area contributed by atoms with Crippen molar-refractivity contribution in [2.45, 2.75) is 26.8 Å². The summed E-state index contributed by atoms with van der Waals surface area (Å²) in [4.78, 5) is 0. The van der Waals surface area contributed by atoms with Crippen molar-refractivity contribution < 1.29 is 0 Å². The summed E-state index contributed by atoms with van der Waals surface area (Å²) in [5.74, 6) is 2.90. The average Bonchev–Trinajstić information content (AvgIpc) is 2.31. The Kier molecular flexibility index (Phi) is 7.47. The van der Waals surface area contributed by atoms with Crippen LogP contribution in [0.2, 0.25) is 10.0 Å². The lowest BCUT2D eigenvalue weighted by molar-refractivity contribution is 0.605. The summed E-state index contributed by atoms with van der Waals surface area (Å²) in [6, 6.07) is 5.94. The predicted octanol–water partition coefficient (Wildman–Crippen LogP) is 5.03. The Balaban J connectivity index is 2.73. The highest BCUT2D eigenvalue weighted by atomic mass is 35.5. The number of halogens is 2. The van der Waals surface area contributed by atoms with Crippen molar-refractivity contribution in [2.75, 3.05) is 18.1 Å². The molecule has 0 bridgehead atoms. The van der Waals surface area contributed by atoms with Gasteiger partial charge < -0.3 is 5.32 Å². The van der Waals surface area contributed by atoms with Crippen LogP contribution >= 0.6 is 35.0 Å². The topological polar surface area (TPSA) is 12.0 Å². The van der Waals surface area contributed by atoms with Gasteiger partial charge in [0, 0.05) is 21.8 Å². The summed E-state index contributed by atoms with van der Waals surface area (Å²) in [7, 11) is 0. The van der Waals surface area contributed by atoms with Crippen molar-refractivity contribution in [2.24, 2.45) is 5.92 Å². The molecule has 0 saturated carbocycles. The molecule has 1 aromatic rings. The van der Waals surface area contributed by atoms with E-state index in [0.29, 0.717) is 5.92 Å². The maximum absolute atomic E-state index is 6.26. The average molecular weight is 306 g/mol. The Morgan fingerprint density at radius 2 is 1.94 bits per heavy atom. The molecule has 1 rings (SSSR count). The molecule has 1 N–H and O–H groups in total. The first kappa shape index (κ1) is 16.2. The first-order chi connectivity index (χ1) is 8.54. The Labute approximate surface area is 125 Å². The molecule has 4 heteroatoms. The largest absolute Gasteiger partial charge is 0.309 e. The molecule has 0 amide bonds. The molecule has 0 spiro atoms. The Bertz CT molecular complexity index is 369. The lowest BCUT2D eigenvalue weighted by Gasteiger charge is -2.20. The second kappa shape index (κ2) is 8.31. The molecule has 1 atom stereocenters. The Hall–Kier alpha value is 0.110. The molecule has 0 aliphatic carbocycles. The van der Waals surface area contributed by atoms with Gasteiger partial charge in [-0.05, 0) is 42.0 Å². The van der Waals surface area contributed by atoms with Gasteiger partial charge in [-0.2, -0.15) is 11.8 Å². The van der Waals surface area contributed by atoms with Crippen LogP contribution in [0.15, 0.2) is 18.2 Å². The van der Waals surface area contributed by atoms with Crippen LogP contribution in [0, 0.1) is 5.92 Å². The zero-order chi connectivity index (χ0) is 13.5. The van der Waals surface area contributed by atoms with Crippen molar-refractivity contribution in [3.8, 4) is 0 Å². The summed E-state index contributed by atoms with van der Waals surface area (Å²) in [6.45, 7) is 7.51. The summed E-state index contributed by atoms with van der Waals surface area (Å²) in [5, 5.41) is 5.01. The van der Waals surface area contributed by atoms with Gasteiger partial charge in [0.05, 0.1) is 0 Å². The highest BCUT2D eigenvalue weighted by Gasteiger charge is 2.14. The SMILES string of the molecule is CCNC(CSCC(C)C)c1cc(Cl)ccc1Cl. The van der Waals surface area contributed by atoms with Crippen molar-refractivity contribution >= 4 is 35.0 Å². The third kappa shape index (κ3) is 5.40. The van der Waals surface area contributed by atoms with Crippen LogP contribution in [0.5, 0.6) is 0 Å². The van der Waals surface area contributed by atoms with Crippen molar-refractivity contribution in [1.82, 2.24) is 5.32 Å². The van der Waals surface area contributed by atoms with E-state index in [1.165, 1.54) is 5.75 Å². The van der Waals surface area contributed by atoms with Crippen molar-refractivity contribution in [1.29, 1.82) is 0 Å². The van der Waals surface area contributed by atoms with Gasteiger partial charge in [-0.15, -0.1) is 0 Å². The fourth-order valence-electron chi connectivity index (χ4n) is 1.71. The molecule has 0 radical (unpaired) electrons. The molecule has 0 saturated heterocycles. The van der Waals surface area contributed by atoms with Crippen LogP contribution in [0.1, 0.15) is 32.4 Å². The van der Waals surface area contributed by atoms with Crippen LogP contribution in [0.25, 0.3) is 0 Å². The zero-order valence-electron chi connectivity index (χ0n) is 11.2. The number of hydrogen-bond acceptors (Lipinski definition) is 2. The molecule has 1 unspecified atom stereocenters. The lowest BCUT2D eigenvalue weighted by Crippen LogP contribution is -2.23. The summed E-state index contributed by atoms with van der Waals surface area (Å²) >= 11 is 14.3. The highest BCUT2D eigenvalue weighted by Crippen LogP contribution is 2.29. The number of thioether (sulfide) groups is 1. The van der Waals surface area contributed by atoms with Crippen LogP contribution in [0.4, 0.5) is 0 Å². The number of benzene rings is 1. The smallest absolute Gasteiger partial charge is 0.0455 e. The minimum atomic E-state index is 0.268. The third-order valence-corrected chi connectivity index (χ3v) is 4.57. The standard InChI is InChI=1S/C14H21Cl2NS/c1-4-17-14(9-18-8-10(2)3)12-7-11(15)5-6-13(12)16/h5-7,10,14,17H,4,8-9H2,1-3H3. The predicted molar refractivity (Wildman–Crippen MR) is 85.0 cm³/mol. The van der Waals surface area contributed by atoms with E-state index in [0.717, 1.165) is 27.9 Å². The van der Waals surface area contributed by atoms with Crippen LogP contribution < -0.4 is 5.32 Å². The van der Waals surface area contributed by atoms with Gasteiger partial charge in [-0.3, -0.25) is 0 Å². The minimum absolute atomic E-state index is 0.268. The van der Waals surface area contributed by atoms with Gasteiger partial charge >= 0.3 is 0 Å². The third-order valence-electron chi connectivity index (χ3n) is 2.52. The van der Waals surface area contributed by atoms with Gasteiger partial charge in [0.1, 0.15) is 0 Å². The normalized spacial score (nSPS) is 13.0. The maximum atomic E-state index is 6.26. The van der Waals surface area contributed by atoms with Gasteiger partial charge in [0.15, 0.2) is 0 Å². The summed E-state index contributed by atoms with van der Waals surface area (Å²) < 4.78 is 0. The molecule has 0 aliphatic rings. The quantitative estimate of drug-likeness (QED) is 0.758. The van der Waals surface area contributed by atoms with Crippen LogP contribution in [-0.4, -0.2) is 18.1 Å². The van der Waals surface area contributed by atoms with E-state index in [9.17, 15) is 0 Å². The molecule has 1 aromatic carbocycles. The molecule has 102 valence electrons. The summed E-state index contributed by atoms with van der Waals surface area (Å²) in [5.41, 5.74) is 1.10. The molecule has 0 aliphatic heterocycles. The molecule has 0 fully saturated rings. The van der Waals surface area contributed by atoms with E-state index in [-0.39, 0.29) is 6.04 Å². The van der Waals surface area contributed by atoms with Gasteiger partial charge in [-0.25, -0.2) is 0 Å².